The SMILES string of the molecule is CCCCCCCCC(NCCC)c1ccoc1CC. The minimum absolute atomic E-state index is 0.481. The predicted octanol–water partition coefficient (Wildman–Crippen LogP) is 5.63. The lowest BCUT2D eigenvalue weighted by Gasteiger charge is -2.18. The lowest BCUT2D eigenvalue weighted by atomic mass is 9.99. The minimum Gasteiger partial charge on any atom is -0.469 e. The Kier molecular flexibility index (Phi) is 9.48. The van der Waals surface area contributed by atoms with E-state index in [0.717, 1.165) is 18.7 Å². The fourth-order valence-corrected chi connectivity index (χ4v) is 2.76. The Morgan fingerprint density at radius 1 is 1.00 bits per heavy atom. The van der Waals surface area contributed by atoms with Gasteiger partial charge in [-0.3, -0.25) is 0 Å². The smallest absolute Gasteiger partial charge is 0.108 e. The van der Waals surface area contributed by atoms with E-state index < -0.39 is 0 Å². The molecule has 1 aromatic rings. The van der Waals surface area contributed by atoms with Gasteiger partial charge < -0.3 is 9.73 Å². The second-order valence-corrected chi connectivity index (χ2v) is 5.72. The van der Waals surface area contributed by atoms with E-state index >= 15 is 0 Å². The molecule has 20 heavy (non-hydrogen) atoms. The number of aryl methyl sites for hydroxylation is 1. The molecule has 0 saturated carbocycles. The molecule has 1 aromatic heterocycles. The lowest BCUT2D eigenvalue weighted by Crippen LogP contribution is -2.22. The van der Waals surface area contributed by atoms with Gasteiger partial charge in [0, 0.05) is 18.0 Å². The molecule has 0 radical (unpaired) electrons. The maximum absolute atomic E-state index is 5.59. The van der Waals surface area contributed by atoms with Gasteiger partial charge in [-0.2, -0.15) is 0 Å². The topological polar surface area (TPSA) is 25.2 Å². The fourth-order valence-electron chi connectivity index (χ4n) is 2.76. The molecular weight excluding hydrogens is 246 g/mol. The van der Waals surface area contributed by atoms with E-state index in [1.165, 1.54) is 56.9 Å². The lowest BCUT2D eigenvalue weighted by molar-refractivity contribution is 0.448. The van der Waals surface area contributed by atoms with Gasteiger partial charge in [-0.1, -0.05) is 59.3 Å². The van der Waals surface area contributed by atoms with Gasteiger partial charge in [-0.15, -0.1) is 0 Å². The van der Waals surface area contributed by atoms with Gasteiger partial charge in [0.1, 0.15) is 5.76 Å². The van der Waals surface area contributed by atoms with Crippen molar-refractivity contribution in [2.24, 2.45) is 0 Å². The Hall–Kier alpha value is -0.760. The predicted molar refractivity (Wildman–Crippen MR) is 87.1 cm³/mol. The molecule has 1 N–H and O–H groups in total. The second-order valence-electron chi connectivity index (χ2n) is 5.72. The molecule has 0 spiro atoms. The highest BCUT2D eigenvalue weighted by molar-refractivity contribution is 5.21. The maximum atomic E-state index is 5.59. The summed E-state index contributed by atoms with van der Waals surface area (Å²) in [6.45, 7) is 7.76. The van der Waals surface area contributed by atoms with Gasteiger partial charge >= 0.3 is 0 Å². The molecule has 0 saturated heterocycles. The van der Waals surface area contributed by atoms with E-state index in [9.17, 15) is 0 Å². The van der Waals surface area contributed by atoms with Crippen molar-refractivity contribution < 1.29 is 4.42 Å². The first-order valence-corrected chi connectivity index (χ1v) is 8.63. The van der Waals surface area contributed by atoms with Crippen molar-refractivity contribution in [2.75, 3.05) is 6.54 Å². The Balaban J connectivity index is 2.40. The van der Waals surface area contributed by atoms with Crippen LogP contribution in [0.2, 0.25) is 0 Å². The second kappa shape index (κ2) is 11.0. The third-order valence-electron chi connectivity index (χ3n) is 3.96. The molecule has 0 aliphatic carbocycles. The van der Waals surface area contributed by atoms with Crippen LogP contribution in [-0.4, -0.2) is 6.54 Å². The summed E-state index contributed by atoms with van der Waals surface area (Å²) in [5.74, 6) is 1.16. The van der Waals surface area contributed by atoms with Gasteiger partial charge in [-0.05, 0) is 25.5 Å². The average molecular weight is 279 g/mol. The van der Waals surface area contributed by atoms with Crippen LogP contribution in [-0.2, 0) is 6.42 Å². The van der Waals surface area contributed by atoms with Crippen LogP contribution in [0, 0.1) is 0 Å². The zero-order valence-corrected chi connectivity index (χ0v) is 13.7. The third-order valence-corrected chi connectivity index (χ3v) is 3.96. The van der Waals surface area contributed by atoms with Crippen LogP contribution in [0.3, 0.4) is 0 Å². The quantitative estimate of drug-likeness (QED) is 0.501. The molecular formula is C18H33NO. The van der Waals surface area contributed by atoms with Crippen molar-refractivity contribution in [2.45, 2.75) is 84.6 Å². The molecule has 0 aromatic carbocycles. The summed E-state index contributed by atoms with van der Waals surface area (Å²) in [4.78, 5) is 0. The zero-order valence-electron chi connectivity index (χ0n) is 13.7. The molecule has 2 heteroatoms. The van der Waals surface area contributed by atoms with Crippen LogP contribution in [0.5, 0.6) is 0 Å². The van der Waals surface area contributed by atoms with Gasteiger partial charge in [0.05, 0.1) is 6.26 Å². The first-order valence-electron chi connectivity index (χ1n) is 8.63. The highest BCUT2D eigenvalue weighted by atomic mass is 16.3. The molecule has 0 bridgehead atoms. The molecule has 0 aliphatic rings. The molecule has 116 valence electrons. The first-order chi connectivity index (χ1) is 9.83. The van der Waals surface area contributed by atoms with E-state index in [1.807, 2.05) is 6.26 Å². The first kappa shape index (κ1) is 17.3. The van der Waals surface area contributed by atoms with Crippen molar-refractivity contribution >= 4 is 0 Å². The Morgan fingerprint density at radius 3 is 2.45 bits per heavy atom. The van der Waals surface area contributed by atoms with Gasteiger partial charge in [-0.25, -0.2) is 0 Å². The number of hydrogen-bond acceptors (Lipinski definition) is 2. The Morgan fingerprint density at radius 2 is 1.75 bits per heavy atom. The summed E-state index contributed by atoms with van der Waals surface area (Å²) >= 11 is 0. The highest BCUT2D eigenvalue weighted by Crippen LogP contribution is 2.25. The molecule has 2 nitrogen and oxygen atoms in total. The molecule has 0 fully saturated rings. The van der Waals surface area contributed by atoms with Crippen LogP contribution in [0.4, 0.5) is 0 Å². The Bertz CT molecular complexity index is 332. The minimum atomic E-state index is 0.481. The molecule has 1 atom stereocenters. The molecule has 1 rings (SSSR count). The number of rotatable bonds is 12. The van der Waals surface area contributed by atoms with E-state index in [0.29, 0.717) is 6.04 Å². The molecule has 0 aliphatic heterocycles. The van der Waals surface area contributed by atoms with E-state index in [4.69, 9.17) is 4.42 Å². The normalized spacial score (nSPS) is 12.8. The number of hydrogen-bond donors (Lipinski definition) is 1. The number of furan rings is 1. The Labute approximate surface area is 125 Å². The van der Waals surface area contributed by atoms with Crippen molar-refractivity contribution in [1.82, 2.24) is 5.32 Å². The van der Waals surface area contributed by atoms with E-state index in [-0.39, 0.29) is 0 Å². The monoisotopic (exact) mass is 279 g/mol. The van der Waals surface area contributed by atoms with E-state index in [2.05, 4.69) is 32.2 Å². The zero-order chi connectivity index (χ0) is 14.6. The van der Waals surface area contributed by atoms with Crippen molar-refractivity contribution in [3.8, 4) is 0 Å². The van der Waals surface area contributed by atoms with Crippen LogP contribution >= 0.6 is 0 Å². The van der Waals surface area contributed by atoms with Crippen molar-refractivity contribution in [3.63, 3.8) is 0 Å². The molecule has 0 amide bonds. The fraction of sp³-hybridized carbons (Fsp3) is 0.778. The van der Waals surface area contributed by atoms with E-state index in [1.54, 1.807) is 0 Å². The van der Waals surface area contributed by atoms with Crippen molar-refractivity contribution in [3.05, 3.63) is 23.7 Å². The summed E-state index contributed by atoms with van der Waals surface area (Å²) in [6, 6.07) is 2.64. The van der Waals surface area contributed by atoms with Gasteiger partial charge in [0.2, 0.25) is 0 Å². The summed E-state index contributed by atoms with van der Waals surface area (Å²) in [6.07, 6.45) is 13.4. The summed E-state index contributed by atoms with van der Waals surface area (Å²) in [5, 5.41) is 3.69. The molecule has 1 unspecified atom stereocenters. The van der Waals surface area contributed by atoms with Crippen LogP contribution in [0.15, 0.2) is 16.7 Å². The standard InChI is InChI=1S/C18H33NO/c1-4-7-8-9-10-11-12-17(19-14-5-2)16-13-15-20-18(16)6-3/h13,15,17,19H,4-12,14H2,1-3H3. The number of unbranched alkanes of at least 4 members (excludes halogenated alkanes) is 5. The molecule has 1 heterocycles. The van der Waals surface area contributed by atoms with Crippen molar-refractivity contribution in [1.29, 1.82) is 0 Å². The highest BCUT2D eigenvalue weighted by Gasteiger charge is 2.15. The third kappa shape index (κ3) is 6.13. The average Bonchev–Trinajstić information content (AvgIpc) is 2.94. The van der Waals surface area contributed by atoms with Crippen LogP contribution < -0.4 is 5.32 Å². The van der Waals surface area contributed by atoms with Gasteiger partial charge in [0.25, 0.3) is 0 Å². The number of nitrogens with one attached hydrogen (secondary N) is 1. The van der Waals surface area contributed by atoms with Crippen LogP contribution in [0.1, 0.15) is 89.5 Å². The largest absolute Gasteiger partial charge is 0.469 e. The van der Waals surface area contributed by atoms with Crippen LogP contribution in [0.25, 0.3) is 0 Å². The maximum Gasteiger partial charge on any atom is 0.108 e. The summed E-state index contributed by atoms with van der Waals surface area (Å²) in [5.41, 5.74) is 1.38. The summed E-state index contributed by atoms with van der Waals surface area (Å²) in [7, 11) is 0. The van der Waals surface area contributed by atoms with Gasteiger partial charge in [0.15, 0.2) is 0 Å². The summed E-state index contributed by atoms with van der Waals surface area (Å²) < 4.78 is 5.59.